The van der Waals surface area contributed by atoms with Gasteiger partial charge in [-0.25, -0.2) is 0 Å². The maximum absolute atomic E-state index is 12.8. The van der Waals surface area contributed by atoms with Crippen LogP contribution in [-0.4, -0.2) is 16.2 Å². The van der Waals surface area contributed by atoms with Crippen LogP contribution in [0.4, 0.5) is 0 Å². The third-order valence-corrected chi connectivity index (χ3v) is 8.44. The second kappa shape index (κ2) is 17.1. The zero-order valence-electron chi connectivity index (χ0n) is 24.4. The summed E-state index contributed by atoms with van der Waals surface area (Å²) in [6, 6.07) is 14.7. The van der Waals surface area contributed by atoms with E-state index in [2.05, 4.69) is 54.4 Å². The van der Waals surface area contributed by atoms with E-state index in [-0.39, 0.29) is 23.2 Å². The second-order valence-corrected chi connectivity index (χ2v) is 11.6. The van der Waals surface area contributed by atoms with Crippen molar-refractivity contribution in [1.82, 2.24) is 10.2 Å². The van der Waals surface area contributed by atoms with E-state index in [1.165, 1.54) is 76.2 Å². The Morgan fingerprint density at radius 2 is 1.46 bits per heavy atom. The molecule has 212 valence electrons. The Morgan fingerprint density at radius 3 is 2.05 bits per heavy atom. The average molecular weight is 532 g/mol. The van der Waals surface area contributed by atoms with Gasteiger partial charge >= 0.3 is 5.97 Å². The minimum atomic E-state index is -0.270. The van der Waals surface area contributed by atoms with Gasteiger partial charge in [0.15, 0.2) is 0 Å². The van der Waals surface area contributed by atoms with E-state index in [1.807, 2.05) is 6.07 Å². The highest BCUT2D eigenvalue weighted by Gasteiger charge is 2.38. The van der Waals surface area contributed by atoms with Gasteiger partial charge in [-0.3, -0.25) is 4.79 Å². The van der Waals surface area contributed by atoms with Crippen LogP contribution < -0.4 is 4.74 Å². The molecule has 0 unspecified atom stereocenters. The Bertz CT molecular complexity index is 1000. The van der Waals surface area contributed by atoms with Crippen molar-refractivity contribution in [1.29, 1.82) is 5.26 Å². The van der Waals surface area contributed by atoms with Crippen molar-refractivity contribution in [3.63, 3.8) is 0 Å². The molecule has 0 radical (unpaired) electrons. The van der Waals surface area contributed by atoms with Gasteiger partial charge in [0.1, 0.15) is 0 Å². The highest BCUT2D eigenvalue weighted by atomic mass is 16.5. The van der Waals surface area contributed by atoms with E-state index < -0.39 is 0 Å². The van der Waals surface area contributed by atoms with Crippen LogP contribution in [-0.2, 0) is 11.2 Å². The van der Waals surface area contributed by atoms with E-state index in [1.54, 1.807) is 6.07 Å². The molecule has 1 aromatic carbocycles. The summed E-state index contributed by atoms with van der Waals surface area (Å²) in [5, 5.41) is 18.3. The summed E-state index contributed by atoms with van der Waals surface area (Å²) in [5.74, 6) is -0.175. The Hall–Kier alpha value is -2.74. The predicted molar refractivity (Wildman–Crippen MR) is 158 cm³/mol. The summed E-state index contributed by atoms with van der Waals surface area (Å²) in [4.78, 5) is 12.8. The molecular formula is C34H49N3O2. The number of ether oxygens (including phenoxy) is 1. The summed E-state index contributed by atoms with van der Waals surface area (Å²) < 4.78 is 5.58. The van der Waals surface area contributed by atoms with E-state index in [0.717, 1.165) is 43.4 Å². The van der Waals surface area contributed by atoms with Gasteiger partial charge in [-0.1, -0.05) is 109 Å². The fraction of sp³-hybridized carbons (Fsp3) is 0.647. The number of carbonyl (C=O) groups excluding carboxylic acids is 1. The normalized spacial score (nSPS) is 18.9. The van der Waals surface area contributed by atoms with Crippen molar-refractivity contribution in [2.75, 3.05) is 0 Å². The van der Waals surface area contributed by atoms with Gasteiger partial charge < -0.3 is 4.74 Å². The third-order valence-electron chi connectivity index (χ3n) is 8.44. The Labute approximate surface area is 236 Å². The minimum absolute atomic E-state index is 0.170. The van der Waals surface area contributed by atoms with Gasteiger partial charge in [-0.2, -0.15) is 5.26 Å². The van der Waals surface area contributed by atoms with Gasteiger partial charge in [-0.05, 0) is 56.6 Å². The summed E-state index contributed by atoms with van der Waals surface area (Å²) in [6.07, 6.45) is 20.3. The van der Waals surface area contributed by atoms with Crippen LogP contribution in [0.15, 0.2) is 36.4 Å². The molecule has 1 aliphatic rings. The molecule has 0 saturated heterocycles. The van der Waals surface area contributed by atoms with Crippen molar-refractivity contribution in [2.45, 2.75) is 129 Å². The molecule has 39 heavy (non-hydrogen) atoms. The highest BCUT2D eigenvalue weighted by Crippen LogP contribution is 2.42. The van der Waals surface area contributed by atoms with Crippen LogP contribution in [0.3, 0.4) is 0 Å². The number of carbonyl (C=O) groups is 1. The van der Waals surface area contributed by atoms with Crippen molar-refractivity contribution < 1.29 is 9.53 Å². The van der Waals surface area contributed by atoms with Crippen LogP contribution >= 0.6 is 0 Å². The van der Waals surface area contributed by atoms with Gasteiger partial charge in [0.05, 0.1) is 23.1 Å². The first-order valence-electron chi connectivity index (χ1n) is 15.6. The van der Waals surface area contributed by atoms with Gasteiger partial charge in [0, 0.05) is 11.6 Å². The topological polar surface area (TPSA) is 75.9 Å². The van der Waals surface area contributed by atoms with Gasteiger partial charge in [-0.15, -0.1) is 10.2 Å². The summed E-state index contributed by atoms with van der Waals surface area (Å²) in [7, 11) is 0. The van der Waals surface area contributed by atoms with Crippen LogP contribution in [0.25, 0.3) is 11.3 Å². The molecule has 0 spiro atoms. The molecule has 3 rings (SSSR count). The average Bonchev–Trinajstić information content (AvgIpc) is 2.97. The fourth-order valence-electron chi connectivity index (χ4n) is 5.73. The molecule has 0 bridgehead atoms. The van der Waals surface area contributed by atoms with E-state index >= 15 is 0 Å². The molecule has 1 heterocycles. The van der Waals surface area contributed by atoms with Crippen molar-refractivity contribution >= 4 is 5.97 Å². The first-order valence-corrected chi connectivity index (χ1v) is 15.6. The predicted octanol–water partition coefficient (Wildman–Crippen LogP) is 9.40. The second-order valence-electron chi connectivity index (χ2n) is 11.6. The van der Waals surface area contributed by atoms with Crippen LogP contribution in [0.2, 0.25) is 0 Å². The molecule has 0 amide bonds. The standard InChI is InChI=1S/C34H49N3O2/c1-3-5-7-9-10-11-13-15-28-16-18-29(19-17-28)31-20-21-32(37-36-31)39-33(38)30-22-25-34(27-35,26-23-30)24-14-12-8-6-4-2/h16-21,30H,3-15,22-26H2,1-2H3/t30-,34-. The van der Waals surface area contributed by atoms with Crippen molar-refractivity contribution in [2.24, 2.45) is 11.3 Å². The maximum Gasteiger partial charge on any atom is 0.315 e. The lowest BCUT2D eigenvalue weighted by Gasteiger charge is -2.34. The monoisotopic (exact) mass is 531 g/mol. The number of aromatic nitrogens is 2. The lowest BCUT2D eigenvalue weighted by atomic mass is 9.69. The molecule has 0 N–H and O–H groups in total. The van der Waals surface area contributed by atoms with Gasteiger partial charge in [0.25, 0.3) is 0 Å². The quantitative estimate of drug-likeness (QED) is 0.150. The molecule has 2 aromatic rings. The minimum Gasteiger partial charge on any atom is -0.406 e. The van der Waals surface area contributed by atoms with E-state index in [9.17, 15) is 10.1 Å². The number of esters is 1. The Balaban J connectivity index is 1.41. The first kappa shape index (κ1) is 30.8. The molecule has 1 saturated carbocycles. The fourth-order valence-corrected chi connectivity index (χ4v) is 5.73. The molecular weight excluding hydrogens is 482 g/mol. The molecule has 1 aromatic heterocycles. The molecule has 0 atom stereocenters. The largest absolute Gasteiger partial charge is 0.406 e. The van der Waals surface area contributed by atoms with E-state index in [0.29, 0.717) is 12.8 Å². The molecule has 1 aliphatic carbocycles. The van der Waals surface area contributed by atoms with Crippen LogP contribution in [0, 0.1) is 22.7 Å². The zero-order valence-corrected chi connectivity index (χ0v) is 24.4. The Morgan fingerprint density at radius 1 is 0.846 bits per heavy atom. The number of nitriles is 1. The first-order chi connectivity index (χ1) is 19.1. The van der Waals surface area contributed by atoms with Crippen molar-refractivity contribution in [3.05, 3.63) is 42.0 Å². The summed E-state index contributed by atoms with van der Waals surface area (Å²) in [6.45, 7) is 4.47. The Kier molecular flexibility index (Phi) is 13.5. The molecule has 1 fully saturated rings. The number of rotatable bonds is 17. The lowest BCUT2D eigenvalue weighted by molar-refractivity contribution is -0.141. The molecule has 5 nitrogen and oxygen atoms in total. The number of benzene rings is 1. The smallest absolute Gasteiger partial charge is 0.315 e. The highest BCUT2D eigenvalue weighted by molar-refractivity contribution is 5.75. The van der Waals surface area contributed by atoms with Crippen LogP contribution in [0.1, 0.15) is 129 Å². The number of hydrogen-bond donors (Lipinski definition) is 0. The van der Waals surface area contributed by atoms with Crippen molar-refractivity contribution in [3.8, 4) is 23.2 Å². The number of unbranched alkanes of at least 4 members (excludes halogenated alkanes) is 10. The number of nitrogens with zero attached hydrogens (tertiary/aromatic N) is 3. The van der Waals surface area contributed by atoms with Crippen LogP contribution in [0.5, 0.6) is 5.88 Å². The number of aryl methyl sites for hydroxylation is 1. The maximum atomic E-state index is 12.8. The SMILES string of the molecule is CCCCCCCCCc1ccc(-c2ccc(OC(=O)[C@H]3CC[C@@](C#N)(CCCCCCC)CC3)nn2)cc1. The molecule has 5 heteroatoms. The summed E-state index contributed by atoms with van der Waals surface area (Å²) in [5.41, 5.74) is 2.87. The lowest BCUT2D eigenvalue weighted by Crippen LogP contribution is -2.31. The number of hydrogen-bond acceptors (Lipinski definition) is 5. The molecule has 0 aliphatic heterocycles. The zero-order chi connectivity index (χ0) is 27.8. The van der Waals surface area contributed by atoms with E-state index in [4.69, 9.17) is 4.74 Å². The van der Waals surface area contributed by atoms with Gasteiger partial charge in [0.2, 0.25) is 5.88 Å². The summed E-state index contributed by atoms with van der Waals surface area (Å²) >= 11 is 0. The third kappa shape index (κ3) is 10.4.